The lowest BCUT2D eigenvalue weighted by Gasteiger charge is -2.13. The summed E-state index contributed by atoms with van der Waals surface area (Å²) >= 11 is 5.32. The zero-order valence-electron chi connectivity index (χ0n) is 16.7. The summed E-state index contributed by atoms with van der Waals surface area (Å²) in [5, 5.41) is 8.23. The highest BCUT2D eigenvalue weighted by atomic mass is 35.5. The van der Waals surface area contributed by atoms with E-state index >= 15 is 0 Å². The van der Waals surface area contributed by atoms with Crippen molar-refractivity contribution in [3.8, 4) is 17.6 Å². The van der Waals surface area contributed by atoms with Crippen LogP contribution in [0.3, 0.4) is 0 Å². The molecule has 1 aliphatic rings. The van der Waals surface area contributed by atoms with Gasteiger partial charge in [0.15, 0.2) is 0 Å². The molecule has 8 heteroatoms. The number of nitrogens with zero attached hydrogens (tertiary/aromatic N) is 1. The average molecular weight is 450 g/mol. The smallest absolute Gasteiger partial charge is 0.426 e. The Hall–Kier alpha value is -2.98. The molecular weight excluding hydrogens is 431 g/mol. The molecule has 0 N–H and O–H groups in total. The fraction of sp³-hybridized carbons (Fsp3) is 0.304. The van der Waals surface area contributed by atoms with Crippen molar-refractivity contribution < 1.29 is 27.4 Å². The number of hydrogen-bond acceptors (Lipinski definition) is 4. The normalized spacial score (nSPS) is 21.0. The standard InChI is InChI=1S/C23H19ClF3NO3/c1-22(2)17(12-19(24)23(25,26)27)20(22)21(29)31-18(13-28)14-7-6-10-16(11-14)30-15-8-4-3-5-9-15/h3-12,17-18,20H,1-2H3/b19-12-/t17?,18-,20+/m0/s1. The summed E-state index contributed by atoms with van der Waals surface area (Å²) in [5.41, 5.74) is -0.371. The summed E-state index contributed by atoms with van der Waals surface area (Å²) in [6, 6.07) is 17.4. The number of halogens is 4. The van der Waals surface area contributed by atoms with Gasteiger partial charge in [0, 0.05) is 5.56 Å². The Bertz CT molecular complexity index is 1030. The van der Waals surface area contributed by atoms with E-state index in [9.17, 15) is 23.2 Å². The largest absolute Gasteiger partial charge is 0.457 e. The van der Waals surface area contributed by atoms with Gasteiger partial charge in [0.25, 0.3) is 0 Å². The maximum Gasteiger partial charge on any atom is 0.426 e. The number of carbonyl (C=O) groups excluding carboxylic acids is 1. The molecule has 162 valence electrons. The molecule has 1 unspecified atom stereocenters. The van der Waals surface area contributed by atoms with E-state index in [-0.39, 0.29) is 0 Å². The van der Waals surface area contributed by atoms with Crippen LogP contribution in [0.5, 0.6) is 11.5 Å². The average Bonchev–Trinajstić information content (AvgIpc) is 3.26. The third-order valence-electron chi connectivity index (χ3n) is 5.25. The van der Waals surface area contributed by atoms with Crippen molar-refractivity contribution in [2.45, 2.75) is 26.1 Å². The van der Waals surface area contributed by atoms with Crippen molar-refractivity contribution in [1.29, 1.82) is 5.26 Å². The molecule has 1 fully saturated rings. The SMILES string of the molecule is CC1(C)C(/C=C(\Cl)C(F)(F)F)[C@@H]1C(=O)O[C@@H](C#N)c1cccc(Oc2ccccc2)c1. The summed E-state index contributed by atoms with van der Waals surface area (Å²) in [4.78, 5) is 12.6. The van der Waals surface area contributed by atoms with Crippen LogP contribution in [-0.2, 0) is 9.53 Å². The first-order valence-corrected chi connectivity index (χ1v) is 9.79. The Labute approximate surface area is 182 Å². The van der Waals surface area contributed by atoms with Crippen molar-refractivity contribution in [3.63, 3.8) is 0 Å². The van der Waals surface area contributed by atoms with Gasteiger partial charge in [0.2, 0.25) is 6.10 Å². The summed E-state index contributed by atoms with van der Waals surface area (Å²) in [5.74, 6) is -1.27. The zero-order valence-corrected chi connectivity index (χ0v) is 17.4. The predicted molar refractivity (Wildman–Crippen MR) is 108 cm³/mol. The van der Waals surface area contributed by atoms with Crippen molar-refractivity contribution in [2.75, 3.05) is 0 Å². The van der Waals surface area contributed by atoms with E-state index in [2.05, 4.69) is 0 Å². The van der Waals surface area contributed by atoms with E-state index in [1.54, 1.807) is 50.2 Å². The highest BCUT2D eigenvalue weighted by Gasteiger charge is 2.62. The summed E-state index contributed by atoms with van der Waals surface area (Å²) in [7, 11) is 0. The van der Waals surface area contributed by atoms with Gasteiger partial charge in [-0.25, -0.2) is 0 Å². The molecular formula is C23H19ClF3NO3. The molecule has 0 bridgehead atoms. The minimum atomic E-state index is -4.68. The van der Waals surface area contributed by atoms with Gasteiger partial charge in [0.05, 0.1) is 5.92 Å². The monoisotopic (exact) mass is 449 g/mol. The third kappa shape index (κ3) is 5.20. The molecule has 4 nitrogen and oxygen atoms in total. The number of ether oxygens (including phenoxy) is 2. The van der Waals surface area contributed by atoms with Gasteiger partial charge in [-0.15, -0.1) is 0 Å². The van der Waals surface area contributed by atoms with Crippen LogP contribution in [0.2, 0.25) is 0 Å². The molecule has 0 amide bonds. The molecule has 0 spiro atoms. The molecule has 1 aliphatic carbocycles. The van der Waals surface area contributed by atoms with E-state index in [0.29, 0.717) is 17.1 Å². The fourth-order valence-corrected chi connectivity index (χ4v) is 3.55. The molecule has 3 atom stereocenters. The van der Waals surface area contributed by atoms with Crippen molar-refractivity contribution in [2.24, 2.45) is 17.3 Å². The van der Waals surface area contributed by atoms with E-state index < -0.39 is 40.5 Å². The van der Waals surface area contributed by atoms with Gasteiger partial charge in [-0.2, -0.15) is 18.4 Å². The van der Waals surface area contributed by atoms with E-state index in [1.165, 1.54) is 0 Å². The van der Waals surface area contributed by atoms with Crippen LogP contribution in [0.4, 0.5) is 13.2 Å². The number of nitriles is 1. The van der Waals surface area contributed by atoms with Gasteiger partial charge in [-0.1, -0.05) is 61.9 Å². The second kappa shape index (κ2) is 8.64. The number of carbonyl (C=O) groups is 1. The third-order valence-corrected chi connectivity index (χ3v) is 5.59. The van der Waals surface area contributed by atoms with Gasteiger partial charge in [-0.05, 0) is 35.6 Å². The van der Waals surface area contributed by atoms with Crippen molar-refractivity contribution in [1.82, 2.24) is 0 Å². The minimum absolute atomic E-state index is 0.392. The van der Waals surface area contributed by atoms with E-state index in [4.69, 9.17) is 21.1 Å². The Balaban J connectivity index is 1.72. The lowest BCUT2D eigenvalue weighted by atomic mass is 10.1. The number of allylic oxidation sites excluding steroid dienone is 2. The van der Waals surface area contributed by atoms with Crippen LogP contribution < -0.4 is 4.74 Å². The number of hydrogen-bond donors (Lipinski definition) is 0. The van der Waals surface area contributed by atoms with Gasteiger partial charge in [0.1, 0.15) is 22.6 Å². The minimum Gasteiger partial charge on any atom is -0.457 e. The molecule has 31 heavy (non-hydrogen) atoms. The number of benzene rings is 2. The first-order valence-electron chi connectivity index (χ1n) is 9.41. The zero-order chi connectivity index (χ0) is 22.8. The second-order valence-electron chi connectivity index (χ2n) is 7.77. The van der Waals surface area contributed by atoms with Crippen LogP contribution in [0.15, 0.2) is 65.7 Å². The topological polar surface area (TPSA) is 59.3 Å². The van der Waals surface area contributed by atoms with E-state index in [1.807, 2.05) is 24.3 Å². The fourth-order valence-electron chi connectivity index (χ4n) is 3.42. The van der Waals surface area contributed by atoms with Crippen LogP contribution in [0, 0.1) is 28.6 Å². The first-order chi connectivity index (χ1) is 14.5. The highest BCUT2D eigenvalue weighted by molar-refractivity contribution is 6.30. The quantitative estimate of drug-likeness (QED) is 0.469. The number of alkyl halides is 3. The molecule has 0 aliphatic heterocycles. The van der Waals surface area contributed by atoms with Gasteiger partial charge < -0.3 is 9.47 Å². The van der Waals surface area contributed by atoms with E-state index in [0.717, 1.165) is 6.08 Å². The molecule has 3 rings (SSSR count). The molecule has 0 radical (unpaired) electrons. The Morgan fingerprint density at radius 3 is 2.42 bits per heavy atom. The molecule has 0 saturated heterocycles. The van der Waals surface area contributed by atoms with Gasteiger partial charge in [-0.3, -0.25) is 4.79 Å². The molecule has 0 heterocycles. The summed E-state index contributed by atoms with van der Waals surface area (Å²) in [6.07, 6.45) is -5.07. The summed E-state index contributed by atoms with van der Waals surface area (Å²) in [6.45, 7) is 3.30. The summed E-state index contributed by atoms with van der Waals surface area (Å²) < 4.78 is 49.2. The van der Waals surface area contributed by atoms with Gasteiger partial charge >= 0.3 is 12.1 Å². The van der Waals surface area contributed by atoms with Crippen LogP contribution in [-0.4, -0.2) is 12.1 Å². The Kier molecular flexibility index (Phi) is 6.33. The van der Waals surface area contributed by atoms with Crippen molar-refractivity contribution in [3.05, 3.63) is 71.3 Å². The maximum atomic E-state index is 12.7. The number of rotatable bonds is 6. The molecule has 1 saturated carbocycles. The molecule has 0 aromatic heterocycles. The second-order valence-corrected chi connectivity index (χ2v) is 8.18. The maximum absolute atomic E-state index is 12.7. The predicted octanol–water partition coefficient (Wildman–Crippen LogP) is 6.54. The lowest BCUT2D eigenvalue weighted by molar-refractivity contribution is -0.149. The van der Waals surface area contributed by atoms with Crippen molar-refractivity contribution >= 4 is 17.6 Å². The Morgan fingerprint density at radius 2 is 1.81 bits per heavy atom. The van der Waals surface area contributed by atoms with Crippen LogP contribution in [0.25, 0.3) is 0 Å². The highest BCUT2D eigenvalue weighted by Crippen LogP contribution is 2.60. The molecule has 2 aromatic carbocycles. The first kappa shape index (κ1) is 22.7. The lowest BCUT2D eigenvalue weighted by Crippen LogP contribution is -2.14. The van der Waals surface area contributed by atoms with Crippen LogP contribution >= 0.6 is 11.6 Å². The number of esters is 1. The Morgan fingerprint density at radius 1 is 1.16 bits per heavy atom. The molecule has 2 aromatic rings. The number of para-hydroxylation sites is 1. The van der Waals surface area contributed by atoms with Crippen LogP contribution in [0.1, 0.15) is 25.5 Å².